The molecule has 1 aromatic heterocycles. The van der Waals surface area contributed by atoms with Crippen LogP contribution in [0.5, 0.6) is 5.75 Å². The van der Waals surface area contributed by atoms with Gasteiger partial charge in [0.15, 0.2) is 0 Å². The molecule has 2 rings (SSSR count). The number of nitrogens with zero attached hydrogens (tertiary/aromatic N) is 1. The van der Waals surface area contributed by atoms with Crippen molar-refractivity contribution in [2.45, 2.75) is 44.3 Å². The average Bonchev–Trinajstić information content (AvgIpc) is 2.41. The van der Waals surface area contributed by atoms with Crippen LogP contribution in [0.4, 0.5) is 0 Å². The minimum Gasteiger partial charge on any atom is -0.495 e. The highest BCUT2D eigenvalue weighted by Crippen LogP contribution is 2.40. The maximum atomic E-state index is 10.6. The quantitative estimate of drug-likeness (QED) is 0.863. The number of hydrogen-bond acceptors (Lipinski definition) is 4. The molecule has 0 spiro atoms. The summed E-state index contributed by atoms with van der Waals surface area (Å²) in [6, 6.07) is 1.73. The van der Waals surface area contributed by atoms with Crippen molar-refractivity contribution in [1.29, 1.82) is 0 Å². The van der Waals surface area contributed by atoms with Crippen LogP contribution in [-0.2, 0) is 0 Å². The van der Waals surface area contributed by atoms with E-state index in [1.807, 2.05) is 0 Å². The van der Waals surface area contributed by atoms with Crippen LogP contribution >= 0.6 is 0 Å². The molecule has 1 aliphatic carbocycles. The Kier molecular flexibility index (Phi) is 3.88. The molecule has 100 valence electrons. The van der Waals surface area contributed by atoms with E-state index in [0.29, 0.717) is 30.1 Å². The first-order valence-corrected chi connectivity index (χ1v) is 6.44. The lowest BCUT2D eigenvalue weighted by atomic mass is 9.75. The van der Waals surface area contributed by atoms with Crippen LogP contribution in [-0.4, -0.2) is 27.9 Å². The molecule has 0 aliphatic heterocycles. The van der Waals surface area contributed by atoms with Crippen molar-refractivity contribution in [1.82, 2.24) is 4.98 Å². The van der Waals surface area contributed by atoms with Crippen LogP contribution in [0.3, 0.4) is 0 Å². The number of hydrogen-bond donors (Lipinski definition) is 2. The summed E-state index contributed by atoms with van der Waals surface area (Å²) >= 11 is 0. The molecule has 0 amide bonds. The van der Waals surface area contributed by atoms with Gasteiger partial charge in [0.05, 0.1) is 18.9 Å². The van der Waals surface area contributed by atoms with Gasteiger partial charge in [0.25, 0.3) is 0 Å². The van der Waals surface area contributed by atoms with Gasteiger partial charge in [-0.15, -0.1) is 0 Å². The van der Waals surface area contributed by atoms with Gasteiger partial charge in [0, 0.05) is 11.8 Å². The fourth-order valence-corrected chi connectivity index (χ4v) is 2.54. The number of pyridine rings is 1. The standard InChI is InChI=1S/C14H21NO3/c1-10-3-5-14(17,6-4-10)13(16)11-7-12(18-2)9-15-8-11/h7-10,13,16-17H,3-6H2,1-2H3. The third kappa shape index (κ3) is 2.65. The number of rotatable bonds is 3. The molecule has 2 N–H and O–H groups in total. The summed E-state index contributed by atoms with van der Waals surface area (Å²) in [6.45, 7) is 2.18. The molecule has 1 aliphatic rings. The molecule has 0 radical (unpaired) electrons. The Labute approximate surface area is 108 Å². The zero-order valence-electron chi connectivity index (χ0n) is 11.0. The molecule has 1 atom stereocenters. The zero-order valence-corrected chi connectivity index (χ0v) is 11.0. The van der Waals surface area contributed by atoms with Crippen molar-refractivity contribution in [2.75, 3.05) is 7.11 Å². The molecule has 1 heterocycles. The summed E-state index contributed by atoms with van der Waals surface area (Å²) in [4.78, 5) is 4.02. The van der Waals surface area contributed by atoms with Crippen molar-refractivity contribution < 1.29 is 14.9 Å². The van der Waals surface area contributed by atoms with E-state index in [1.54, 1.807) is 25.6 Å². The fraction of sp³-hybridized carbons (Fsp3) is 0.643. The van der Waals surface area contributed by atoms with E-state index < -0.39 is 11.7 Å². The summed E-state index contributed by atoms with van der Waals surface area (Å²) in [5.41, 5.74) is -0.410. The highest BCUT2D eigenvalue weighted by Gasteiger charge is 2.39. The number of methoxy groups -OCH3 is 1. The third-order valence-electron chi connectivity index (χ3n) is 3.93. The first-order chi connectivity index (χ1) is 8.55. The summed E-state index contributed by atoms with van der Waals surface area (Å²) < 4.78 is 5.09. The van der Waals surface area contributed by atoms with E-state index in [1.165, 1.54) is 0 Å². The normalized spacial score (nSPS) is 29.9. The van der Waals surface area contributed by atoms with Crippen LogP contribution < -0.4 is 4.74 Å². The topological polar surface area (TPSA) is 62.6 Å². The molecule has 0 bridgehead atoms. The Morgan fingerprint density at radius 3 is 2.67 bits per heavy atom. The van der Waals surface area contributed by atoms with E-state index in [4.69, 9.17) is 4.74 Å². The zero-order chi connectivity index (χ0) is 13.2. The molecule has 4 heteroatoms. The molecule has 1 saturated carbocycles. The highest BCUT2D eigenvalue weighted by molar-refractivity contribution is 5.26. The lowest BCUT2D eigenvalue weighted by molar-refractivity contribution is -0.105. The Bertz CT molecular complexity index is 400. The second-order valence-electron chi connectivity index (χ2n) is 5.35. The summed E-state index contributed by atoms with van der Waals surface area (Å²) in [6.07, 6.45) is 5.44. The van der Waals surface area contributed by atoms with Gasteiger partial charge in [-0.2, -0.15) is 0 Å². The van der Waals surface area contributed by atoms with Gasteiger partial charge in [-0.05, 0) is 37.7 Å². The maximum Gasteiger partial charge on any atom is 0.137 e. The van der Waals surface area contributed by atoms with Crippen molar-refractivity contribution >= 4 is 0 Å². The molecular formula is C14H21NO3. The smallest absolute Gasteiger partial charge is 0.137 e. The molecule has 1 aromatic rings. The molecule has 18 heavy (non-hydrogen) atoms. The van der Waals surface area contributed by atoms with Crippen LogP contribution in [0.15, 0.2) is 18.5 Å². The van der Waals surface area contributed by atoms with Gasteiger partial charge < -0.3 is 14.9 Å². The first kappa shape index (κ1) is 13.3. The predicted molar refractivity (Wildman–Crippen MR) is 68.3 cm³/mol. The first-order valence-electron chi connectivity index (χ1n) is 6.44. The minimum atomic E-state index is -1.03. The van der Waals surface area contributed by atoms with E-state index in [0.717, 1.165) is 12.8 Å². The van der Waals surface area contributed by atoms with Crippen molar-refractivity contribution in [3.8, 4) is 5.75 Å². The lowest BCUT2D eigenvalue weighted by Crippen LogP contribution is -2.39. The largest absolute Gasteiger partial charge is 0.495 e. The summed E-state index contributed by atoms with van der Waals surface area (Å²) in [5.74, 6) is 1.22. The lowest BCUT2D eigenvalue weighted by Gasteiger charge is -2.38. The Balaban J connectivity index is 2.16. The van der Waals surface area contributed by atoms with Crippen LogP contribution in [0.2, 0.25) is 0 Å². The fourth-order valence-electron chi connectivity index (χ4n) is 2.54. The van der Waals surface area contributed by atoms with E-state index in [9.17, 15) is 10.2 Å². The van der Waals surface area contributed by atoms with Crippen LogP contribution in [0, 0.1) is 5.92 Å². The minimum absolute atomic E-state index is 0.597. The van der Waals surface area contributed by atoms with Crippen molar-refractivity contribution in [3.05, 3.63) is 24.0 Å². The summed E-state index contributed by atoms with van der Waals surface area (Å²) in [7, 11) is 1.56. The van der Waals surface area contributed by atoms with Crippen LogP contribution in [0.25, 0.3) is 0 Å². The average molecular weight is 251 g/mol. The van der Waals surface area contributed by atoms with Crippen molar-refractivity contribution in [3.63, 3.8) is 0 Å². The molecule has 1 unspecified atom stereocenters. The molecule has 0 aromatic carbocycles. The second kappa shape index (κ2) is 5.24. The van der Waals surface area contributed by atoms with Gasteiger partial charge in [-0.3, -0.25) is 4.98 Å². The van der Waals surface area contributed by atoms with Gasteiger partial charge in [-0.25, -0.2) is 0 Å². The molecule has 0 saturated heterocycles. The van der Waals surface area contributed by atoms with Gasteiger partial charge >= 0.3 is 0 Å². The maximum absolute atomic E-state index is 10.6. The molecule has 4 nitrogen and oxygen atoms in total. The SMILES string of the molecule is COc1cncc(C(O)C2(O)CCC(C)CC2)c1. The number of aliphatic hydroxyl groups excluding tert-OH is 1. The number of aromatic nitrogens is 1. The van der Waals surface area contributed by atoms with Gasteiger partial charge in [0.2, 0.25) is 0 Å². The highest BCUT2D eigenvalue weighted by atomic mass is 16.5. The monoisotopic (exact) mass is 251 g/mol. The molecule has 1 fully saturated rings. The molecular weight excluding hydrogens is 230 g/mol. The van der Waals surface area contributed by atoms with Crippen LogP contribution in [0.1, 0.15) is 44.3 Å². The predicted octanol–water partition coefficient (Wildman–Crippen LogP) is 2.06. The summed E-state index contributed by atoms with van der Waals surface area (Å²) in [5, 5.41) is 20.9. The van der Waals surface area contributed by atoms with Gasteiger partial charge in [-0.1, -0.05) is 6.92 Å². The van der Waals surface area contributed by atoms with E-state index in [2.05, 4.69) is 11.9 Å². The Morgan fingerprint density at radius 1 is 1.39 bits per heavy atom. The third-order valence-corrected chi connectivity index (χ3v) is 3.93. The Morgan fingerprint density at radius 2 is 2.06 bits per heavy atom. The Hall–Kier alpha value is -1.13. The number of ether oxygens (including phenoxy) is 1. The van der Waals surface area contributed by atoms with Crippen molar-refractivity contribution in [2.24, 2.45) is 5.92 Å². The van der Waals surface area contributed by atoms with E-state index in [-0.39, 0.29) is 0 Å². The van der Waals surface area contributed by atoms with E-state index >= 15 is 0 Å². The van der Waals surface area contributed by atoms with Gasteiger partial charge in [0.1, 0.15) is 11.9 Å². The number of aliphatic hydroxyl groups is 2. The second-order valence-corrected chi connectivity index (χ2v) is 5.35.